The maximum Gasteiger partial charge on any atom is 0.157 e. The summed E-state index contributed by atoms with van der Waals surface area (Å²) in [6, 6.07) is 7.68. The molecule has 1 heterocycles. The van der Waals surface area contributed by atoms with Crippen molar-refractivity contribution in [2.45, 2.75) is 12.5 Å². The van der Waals surface area contributed by atoms with Gasteiger partial charge in [-0.1, -0.05) is 53.6 Å². The number of halogens is 2. The average molecular weight is 265 g/mol. The van der Waals surface area contributed by atoms with E-state index in [1.807, 2.05) is 36.4 Å². The van der Waals surface area contributed by atoms with E-state index in [0.717, 1.165) is 23.3 Å². The lowest BCUT2D eigenvalue weighted by atomic mass is 10.0. The van der Waals surface area contributed by atoms with Crippen LogP contribution < -0.4 is 4.74 Å². The molecule has 3 rings (SSSR count). The van der Waals surface area contributed by atoms with E-state index in [4.69, 9.17) is 27.9 Å². The lowest BCUT2D eigenvalue weighted by Crippen LogP contribution is -2.23. The number of hydrogen-bond acceptors (Lipinski definition) is 1. The number of rotatable bonds is 1. The van der Waals surface area contributed by atoms with Gasteiger partial charge in [-0.3, -0.25) is 0 Å². The SMILES string of the molecule is ClC1=C(Cl)C(C2=CC=CC2)Oc2ccccc21. The highest BCUT2D eigenvalue weighted by Gasteiger charge is 2.29. The molecule has 0 bridgehead atoms. The highest BCUT2D eigenvalue weighted by molar-refractivity contribution is 6.55. The zero-order valence-electron chi connectivity index (χ0n) is 8.99. The summed E-state index contributed by atoms with van der Waals surface area (Å²) in [4.78, 5) is 0. The Morgan fingerprint density at radius 2 is 2.00 bits per heavy atom. The molecule has 0 fully saturated rings. The van der Waals surface area contributed by atoms with Gasteiger partial charge in [0.05, 0.1) is 10.1 Å². The molecular weight excluding hydrogens is 255 g/mol. The highest BCUT2D eigenvalue weighted by Crippen LogP contribution is 2.42. The second-order valence-corrected chi connectivity index (χ2v) is 4.81. The first-order valence-corrected chi connectivity index (χ1v) is 6.20. The number of ether oxygens (including phenoxy) is 1. The van der Waals surface area contributed by atoms with E-state index in [1.54, 1.807) is 0 Å². The molecule has 0 radical (unpaired) electrons. The first kappa shape index (κ1) is 10.9. The van der Waals surface area contributed by atoms with Gasteiger partial charge in [-0.15, -0.1) is 0 Å². The number of para-hydroxylation sites is 1. The minimum Gasteiger partial charge on any atom is -0.480 e. The second-order valence-electron chi connectivity index (χ2n) is 4.03. The van der Waals surface area contributed by atoms with Gasteiger partial charge in [-0.25, -0.2) is 0 Å². The fourth-order valence-electron chi connectivity index (χ4n) is 2.07. The number of hydrogen-bond donors (Lipinski definition) is 0. The predicted molar refractivity (Wildman–Crippen MR) is 71.3 cm³/mol. The summed E-state index contributed by atoms with van der Waals surface area (Å²) < 4.78 is 5.92. The maximum absolute atomic E-state index is 6.29. The quantitative estimate of drug-likeness (QED) is 0.727. The lowest BCUT2D eigenvalue weighted by molar-refractivity contribution is 0.273. The number of fused-ring (bicyclic) bond motifs is 1. The number of allylic oxidation sites excluding steroid dienone is 3. The molecule has 1 unspecified atom stereocenters. The molecule has 1 aliphatic carbocycles. The molecular formula is C14H10Cl2O. The zero-order valence-corrected chi connectivity index (χ0v) is 10.5. The van der Waals surface area contributed by atoms with Crippen LogP contribution in [0.25, 0.3) is 5.03 Å². The van der Waals surface area contributed by atoms with Crippen molar-refractivity contribution in [2.24, 2.45) is 0 Å². The van der Waals surface area contributed by atoms with Gasteiger partial charge in [0.2, 0.25) is 0 Å². The molecule has 3 heteroatoms. The summed E-state index contributed by atoms with van der Waals surface area (Å²) in [5.41, 5.74) is 2.00. The topological polar surface area (TPSA) is 9.23 Å². The molecule has 0 saturated heterocycles. The summed E-state index contributed by atoms with van der Waals surface area (Å²) in [6.07, 6.45) is 6.75. The summed E-state index contributed by atoms with van der Waals surface area (Å²) >= 11 is 12.6. The first-order chi connectivity index (χ1) is 8.27. The largest absolute Gasteiger partial charge is 0.480 e. The van der Waals surface area contributed by atoms with Crippen LogP contribution in [0.4, 0.5) is 0 Å². The third-order valence-electron chi connectivity index (χ3n) is 2.94. The van der Waals surface area contributed by atoms with Crippen LogP contribution in [-0.2, 0) is 0 Å². The Bertz CT molecular complexity index is 555. The van der Waals surface area contributed by atoms with Gasteiger partial charge in [0.25, 0.3) is 0 Å². The van der Waals surface area contributed by atoms with Gasteiger partial charge in [0, 0.05) is 5.56 Å². The molecule has 0 aromatic heterocycles. The van der Waals surface area contributed by atoms with Crippen LogP contribution >= 0.6 is 23.2 Å². The summed E-state index contributed by atoms with van der Waals surface area (Å²) in [6.45, 7) is 0. The molecule has 1 atom stereocenters. The van der Waals surface area contributed by atoms with Crippen LogP contribution in [0, 0.1) is 0 Å². The highest BCUT2D eigenvalue weighted by atomic mass is 35.5. The molecule has 86 valence electrons. The average Bonchev–Trinajstić information content (AvgIpc) is 2.87. The van der Waals surface area contributed by atoms with Crippen molar-refractivity contribution in [3.05, 3.63) is 58.7 Å². The Kier molecular flexibility index (Phi) is 2.73. The van der Waals surface area contributed by atoms with E-state index in [1.165, 1.54) is 0 Å². The molecule has 1 nitrogen and oxygen atoms in total. The van der Waals surface area contributed by atoms with Crippen LogP contribution in [0.2, 0.25) is 0 Å². The molecule has 0 spiro atoms. The first-order valence-electron chi connectivity index (χ1n) is 5.44. The fraction of sp³-hybridized carbons (Fsp3) is 0.143. The third kappa shape index (κ3) is 1.80. The predicted octanol–water partition coefficient (Wildman–Crippen LogP) is 4.48. The van der Waals surface area contributed by atoms with Crippen LogP contribution in [0.3, 0.4) is 0 Å². The molecule has 1 aromatic carbocycles. The summed E-state index contributed by atoms with van der Waals surface area (Å²) in [7, 11) is 0. The molecule has 0 saturated carbocycles. The van der Waals surface area contributed by atoms with E-state index in [2.05, 4.69) is 6.08 Å². The molecule has 17 heavy (non-hydrogen) atoms. The minimum atomic E-state index is -0.242. The van der Waals surface area contributed by atoms with Gasteiger partial charge < -0.3 is 4.74 Å². The molecule has 1 aromatic rings. The van der Waals surface area contributed by atoms with E-state index >= 15 is 0 Å². The van der Waals surface area contributed by atoms with E-state index in [9.17, 15) is 0 Å². The van der Waals surface area contributed by atoms with Gasteiger partial charge in [-0.05, 0) is 24.1 Å². The van der Waals surface area contributed by atoms with Crippen molar-refractivity contribution in [1.82, 2.24) is 0 Å². The van der Waals surface area contributed by atoms with Crippen molar-refractivity contribution in [2.75, 3.05) is 0 Å². The van der Waals surface area contributed by atoms with Crippen molar-refractivity contribution in [3.8, 4) is 5.75 Å². The third-order valence-corrected chi connectivity index (χ3v) is 3.84. The van der Waals surface area contributed by atoms with Crippen molar-refractivity contribution < 1.29 is 4.74 Å². The van der Waals surface area contributed by atoms with Crippen molar-refractivity contribution in [3.63, 3.8) is 0 Å². The Labute approximate surface area is 110 Å². The Morgan fingerprint density at radius 3 is 2.76 bits per heavy atom. The molecule has 0 N–H and O–H groups in total. The van der Waals surface area contributed by atoms with Crippen molar-refractivity contribution in [1.29, 1.82) is 0 Å². The zero-order chi connectivity index (χ0) is 11.8. The molecule has 2 aliphatic rings. The van der Waals surface area contributed by atoms with Gasteiger partial charge in [-0.2, -0.15) is 0 Å². The fourth-order valence-corrected chi connectivity index (χ4v) is 2.61. The summed E-state index contributed by atoms with van der Waals surface area (Å²) in [5, 5.41) is 1.16. The van der Waals surface area contributed by atoms with E-state index in [0.29, 0.717) is 10.1 Å². The Balaban J connectivity index is 2.05. The van der Waals surface area contributed by atoms with Crippen LogP contribution in [-0.4, -0.2) is 6.10 Å². The Hall–Kier alpha value is -1.18. The second kappa shape index (κ2) is 4.25. The summed E-state index contributed by atoms with van der Waals surface area (Å²) in [5.74, 6) is 0.791. The van der Waals surface area contributed by atoms with Gasteiger partial charge in [0.1, 0.15) is 5.75 Å². The number of benzene rings is 1. The van der Waals surface area contributed by atoms with Gasteiger partial charge >= 0.3 is 0 Å². The van der Waals surface area contributed by atoms with E-state index < -0.39 is 0 Å². The standard InChI is InChI=1S/C14H10Cl2O/c15-12-10-7-3-4-8-11(10)17-14(13(12)16)9-5-1-2-6-9/h1-5,7-8,14H,6H2. The lowest BCUT2D eigenvalue weighted by Gasteiger charge is -2.27. The maximum atomic E-state index is 6.29. The monoisotopic (exact) mass is 264 g/mol. The normalized spacial score (nSPS) is 22.2. The van der Waals surface area contributed by atoms with Gasteiger partial charge in [0.15, 0.2) is 6.10 Å². The molecule has 1 aliphatic heterocycles. The van der Waals surface area contributed by atoms with Crippen LogP contribution in [0.5, 0.6) is 5.75 Å². The Morgan fingerprint density at radius 1 is 1.18 bits per heavy atom. The molecule has 0 amide bonds. The van der Waals surface area contributed by atoms with E-state index in [-0.39, 0.29) is 6.10 Å². The minimum absolute atomic E-state index is 0.242. The van der Waals surface area contributed by atoms with Crippen LogP contribution in [0.15, 0.2) is 53.1 Å². The smallest absolute Gasteiger partial charge is 0.157 e. The van der Waals surface area contributed by atoms with Crippen molar-refractivity contribution >= 4 is 28.2 Å². The van der Waals surface area contributed by atoms with Crippen LogP contribution in [0.1, 0.15) is 12.0 Å².